The first kappa shape index (κ1) is 17.3. The normalized spacial score (nSPS) is 14.9. The number of hydrogen-bond acceptors (Lipinski definition) is 3. The van der Waals surface area contributed by atoms with Crippen molar-refractivity contribution in [2.45, 2.75) is 26.7 Å². The highest BCUT2D eigenvalue weighted by Crippen LogP contribution is 2.11. The Kier molecular flexibility index (Phi) is 6.44. The summed E-state index contributed by atoms with van der Waals surface area (Å²) in [6.45, 7) is 6.92. The van der Waals surface area contributed by atoms with Gasteiger partial charge in [-0.3, -0.25) is 9.59 Å². The molecule has 1 aliphatic rings. The van der Waals surface area contributed by atoms with E-state index >= 15 is 0 Å². The second kappa shape index (κ2) is 8.56. The fourth-order valence-corrected chi connectivity index (χ4v) is 2.63. The molecule has 1 fully saturated rings. The van der Waals surface area contributed by atoms with Crippen molar-refractivity contribution in [2.24, 2.45) is 5.92 Å². The number of ether oxygens (including phenoxy) is 1. The van der Waals surface area contributed by atoms with Crippen molar-refractivity contribution in [2.75, 3.05) is 32.8 Å². The molecule has 2 rings (SSSR count). The number of carbonyl (C=O) groups excluding carboxylic acids is 2. The number of rotatable bonds is 6. The third-order valence-corrected chi connectivity index (χ3v) is 3.98. The Hall–Kier alpha value is -2.04. The molecular formula is C18H26N2O3. The van der Waals surface area contributed by atoms with Crippen LogP contribution in [-0.2, 0) is 9.59 Å². The van der Waals surface area contributed by atoms with E-state index in [4.69, 9.17) is 4.74 Å². The lowest BCUT2D eigenvalue weighted by Crippen LogP contribution is -2.51. The van der Waals surface area contributed by atoms with E-state index in [9.17, 15) is 9.59 Å². The van der Waals surface area contributed by atoms with E-state index in [1.807, 2.05) is 54.0 Å². The van der Waals surface area contributed by atoms with Crippen molar-refractivity contribution < 1.29 is 14.3 Å². The summed E-state index contributed by atoms with van der Waals surface area (Å²) in [6, 6.07) is 9.62. The Morgan fingerprint density at radius 3 is 2.26 bits per heavy atom. The second-order valence-electron chi connectivity index (χ2n) is 6.13. The summed E-state index contributed by atoms with van der Waals surface area (Å²) in [4.78, 5) is 27.8. The highest BCUT2D eigenvalue weighted by molar-refractivity contribution is 5.79. The fraction of sp³-hybridized carbons (Fsp3) is 0.556. The molecule has 0 radical (unpaired) electrons. The molecule has 0 bridgehead atoms. The van der Waals surface area contributed by atoms with Crippen LogP contribution in [0.1, 0.15) is 26.7 Å². The van der Waals surface area contributed by atoms with Crippen molar-refractivity contribution in [1.29, 1.82) is 0 Å². The Morgan fingerprint density at radius 2 is 1.65 bits per heavy atom. The average molecular weight is 318 g/mol. The van der Waals surface area contributed by atoms with Crippen molar-refractivity contribution in [1.82, 2.24) is 9.80 Å². The van der Waals surface area contributed by atoms with E-state index in [2.05, 4.69) is 0 Å². The van der Waals surface area contributed by atoms with Crippen molar-refractivity contribution in [3.05, 3.63) is 30.3 Å². The summed E-state index contributed by atoms with van der Waals surface area (Å²) in [5.74, 6) is 1.18. The van der Waals surface area contributed by atoms with Gasteiger partial charge < -0.3 is 14.5 Å². The molecule has 1 heterocycles. The summed E-state index contributed by atoms with van der Waals surface area (Å²) in [5, 5.41) is 0. The van der Waals surface area contributed by atoms with Crippen LogP contribution in [0.4, 0.5) is 0 Å². The third-order valence-electron chi connectivity index (χ3n) is 3.98. The number of hydrogen-bond donors (Lipinski definition) is 0. The number of piperazine rings is 1. The van der Waals surface area contributed by atoms with E-state index in [0.29, 0.717) is 45.6 Å². The lowest BCUT2D eigenvalue weighted by molar-refractivity contribution is -0.141. The summed E-state index contributed by atoms with van der Waals surface area (Å²) < 4.78 is 5.59. The molecule has 126 valence electrons. The minimum atomic E-state index is 0.0207. The van der Waals surface area contributed by atoms with Crippen LogP contribution in [0.5, 0.6) is 5.75 Å². The lowest BCUT2D eigenvalue weighted by Gasteiger charge is -2.35. The van der Waals surface area contributed by atoms with Gasteiger partial charge in [-0.2, -0.15) is 0 Å². The first-order valence-corrected chi connectivity index (χ1v) is 8.32. The molecule has 0 atom stereocenters. The van der Waals surface area contributed by atoms with Gasteiger partial charge in [-0.15, -0.1) is 0 Å². The molecule has 23 heavy (non-hydrogen) atoms. The molecule has 0 aromatic heterocycles. The van der Waals surface area contributed by atoms with Crippen molar-refractivity contribution in [3.63, 3.8) is 0 Å². The van der Waals surface area contributed by atoms with Crippen LogP contribution in [0, 0.1) is 5.92 Å². The van der Waals surface area contributed by atoms with Gasteiger partial charge in [0.25, 0.3) is 0 Å². The molecule has 1 aromatic carbocycles. The molecule has 5 heteroatoms. The number of nitrogens with zero attached hydrogens (tertiary/aromatic N) is 2. The molecule has 1 aromatic rings. The largest absolute Gasteiger partial charge is 0.494 e. The van der Waals surface area contributed by atoms with E-state index in [1.165, 1.54) is 0 Å². The third kappa shape index (κ3) is 5.27. The molecule has 1 saturated heterocycles. The van der Waals surface area contributed by atoms with E-state index in [1.54, 1.807) is 0 Å². The second-order valence-corrected chi connectivity index (χ2v) is 6.13. The maximum absolute atomic E-state index is 12.2. The molecule has 2 amide bonds. The topological polar surface area (TPSA) is 49.9 Å². The van der Waals surface area contributed by atoms with E-state index in [0.717, 1.165) is 5.75 Å². The first-order valence-electron chi connectivity index (χ1n) is 8.32. The molecular weight excluding hydrogens is 292 g/mol. The molecule has 0 spiro atoms. The van der Waals surface area contributed by atoms with Gasteiger partial charge in [0, 0.05) is 38.5 Å². The number of carbonyl (C=O) groups is 2. The van der Waals surface area contributed by atoms with Gasteiger partial charge in [-0.1, -0.05) is 32.0 Å². The van der Waals surface area contributed by atoms with Gasteiger partial charge in [0.1, 0.15) is 5.75 Å². The smallest absolute Gasteiger partial charge is 0.225 e. The average Bonchev–Trinajstić information content (AvgIpc) is 2.59. The minimum absolute atomic E-state index is 0.0207. The maximum atomic E-state index is 12.2. The Morgan fingerprint density at radius 1 is 1.04 bits per heavy atom. The van der Waals surface area contributed by atoms with Gasteiger partial charge in [0.05, 0.1) is 6.61 Å². The molecule has 1 aliphatic heterocycles. The highest BCUT2D eigenvalue weighted by Gasteiger charge is 2.24. The SMILES string of the molecule is CC(C)C(=O)N1CCN(C(=O)CCCOc2ccccc2)CC1. The van der Waals surface area contributed by atoms with Crippen LogP contribution in [0.15, 0.2) is 30.3 Å². The molecule has 0 unspecified atom stereocenters. The van der Waals surface area contributed by atoms with E-state index in [-0.39, 0.29) is 17.7 Å². The van der Waals surface area contributed by atoms with Gasteiger partial charge in [0.2, 0.25) is 11.8 Å². The summed E-state index contributed by atoms with van der Waals surface area (Å²) >= 11 is 0. The molecule has 5 nitrogen and oxygen atoms in total. The van der Waals surface area contributed by atoms with Crippen LogP contribution < -0.4 is 4.74 Å². The zero-order valence-electron chi connectivity index (χ0n) is 14.0. The Balaban J connectivity index is 1.64. The standard InChI is InChI=1S/C18H26N2O3/c1-15(2)18(22)20-12-10-19(11-13-20)17(21)9-6-14-23-16-7-4-3-5-8-16/h3-5,7-8,15H,6,9-14H2,1-2H3. The lowest BCUT2D eigenvalue weighted by atomic mass is 10.1. The van der Waals surface area contributed by atoms with Crippen LogP contribution in [0.3, 0.4) is 0 Å². The number of para-hydroxylation sites is 1. The monoisotopic (exact) mass is 318 g/mol. The van der Waals surface area contributed by atoms with Crippen molar-refractivity contribution in [3.8, 4) is 5.75 Å². The minimum Gasteiger partial charge on any atom is -0.494 e. The predicted molar refractivity (Wildman–Crippen MR) is 89.2 cm³/mol. The summed E-state index contributed by atoms with van der Waals surface area (Å²) in [7, 11) is 0. The Labute approximate surface area is 138 Å². The zero-order valence-corrected chi connectivity index (χ0v) is 14.0. The van der Waals surface area contributed by atoms with Crippen LogP contribution in [0.25, 0.3) is 0 Å². The van der Waals surface area contributed by atoms with Crippen molar-refractivity contribution >= 4 is 11.8 Å². The fourth-order valence-electron chi connectivity index (χ4n) is 2.63. The van der Waals surface area contributed by atoms with Crippen LogP contribution in [-0.4, -0.2) is 54.4 Å². The number of benzene rings is 1. The summed E-state index contributed by atoms with van der Waals surface area (Å²) in [6.07, 6.45) is 1.20. The molecule has 0 N–H and O–H groups in total. The predicted octanol–water partition coefficient (Wildman–Crippen LogP) is 2.17. The quantitative estimate of drug-likeness (QED) is 0.755. The van der Waals surface area contributed by atoms with Gasteiger partial charge in [0.15, 0.2) is 0 Å². The molecule has 0 aliphatic carbocycles. The molecule has 0 saturated carbocycles. The first-order chi connectivity index (χ1) is 11.1. The van der Waals surface area contributed by atoms with Gasteiger partial charge in [-0.25, -0.2) is 0 Å². The van der Waals surface area contributed by atoms with Crippen LogP contribution >= 0.6 is 0 Å². The Bertz CT molecular complexity index is 508. The van der Waals surface area contributed by atoms with E-state index < -0.39 is 0 Å². The van der Waals surface area contributed by atoms with Crippen LogP contribution in [0.2, 0.25) is 0 Å². The zero-order chi connectivity index (χ0) is 16.7. The highest BCUT2D eigenvalue weighted by atomic mass is 16.5. The number of amides is 2. The van der Waals surface area contributed by atoms with Gasteiger partial charge >= 0.3 is 0 Å². The van der Waals surface area contributed by atoms with Gasteiger partial charge in [-0.05, 0) is 18.6 Å². The summed E-state index contributed by atoms with van der Waals surface area (Å²) in [5.41, 5.74) is 0. The maximum Gasteiger partial charge on any atom is 0.225 e.